The second-order valence-electron chi connectivity index (χ2n) is 5.23. The highest BCUT2D eigenvalue weighted by Gasteiger charge is 2.21. The van der Waals surface area contributed by atoms with E-state index in [-0.39, 0.29) is 5.91 Å². The first kappa shape index (κ1) is 16.6. The number of carbonyl (C=O) groups is 2. The second-order valence-corrected chi connectivity index (χ2v) is 5.23. The van der Waals surface area contributed by atoms with Gasteiger partial charge in [-0.05, 0) is 30.3 Å². The van der Waals surface area contributed by atoms with E-state index in [2.05, 4.69) is 10.1 Å². The first-order chi connectivity index (χ1) is 12.1. The molecule has 0 aromatic heterocycles. The zero-order chi connectivity index (χ0) is 17.8. The van der Waals surface area contributed by atoms with E-state index < -0.39 is 5.97 Å². The largest absolute Gasteiger partial charge is 0.493 e. The molecule has 1 amide bonds. The van der Waals surface area contributed by atoms with E-state index in [1.165, 1.54) is 14.2 Å². The van der Waals surface area contributed by atoms with Crippen LogP contribution >= 0.6 is 0 Å². The zero-order valence-electron chi connectivity index (χ0n) is 13.8. The van der Waals surface area contributed by atoms with Crippen LogP contribution in [0.1, 0.15) is 20.7 Å². The zero-order valence-corrected chi connectivity index (χ0v) is 13.8. The third-order valence-corrected chi connectivity index (χ3v) is 3.63. The van der Waals surface area contributed by atoms with Gasteiger partial charge in [0, 0.05) is 11.3 Å². The van der Waals surface area contributed by atoms with Crippen molar-refractivity contribution in [3.63, 3.8) is 0 Å². The van der Waals surface area contributed by atoms with E-state index in [1.807, 2.05) is 0 Å². The lowest BCUT2D eigenvalue weighted by Gasteiger charge is -2.21. The summed E-state index contributed by atoms with van der Waals surface area (Å²) in [5.41, 5.74) is 1.17. The quantitative estimate of drug-likeness (QED) is 0.859. The molecule has 0 fully saturated rings. The highest BCUT2D eigenvalue weighted by atomic mass is 16.6. The van der Waals surface area contributed by atoms with Crippen LogP contribution in [-0.4, -0.2) is 39.3 Å². The number of esters is 1. The molecule has 0 spiro atoms. The Morgan fingerprint density at radius 2 is 1.84 bits per heavy atom. The van der Waals surface area contributed by atoms with Crippen molar-refractivity contribution >= 4 is 17.6 Å². The number of hydrogen-bond donors (Lipinski definition) is 1. The lowest BCUT2D eigenvalue weighted by molar-refractivity contribution is 0.0600. The van der Waals surface area contributed by atoms with E-state index in [0.717, 1.165) is 0 Å². The first-order valence-electron chi connectivity index (χ1n) is 7.59. The molecule has 130 valence electrons. The number of amides is 1. The number of rotatable bonds is 4. The van der Waals surface area contributed by atoms with Crippen molar-refractivity contribution in [2.24, 2.45) is 0 Å². The monoisotopic (exact) mass is 343 g/mol. The maximum atomic E-state index is 12.5. The standard InChI is InChI=1S/C18H17NO6/c1-22-14-9-12(10-15-16(14)25-7-6-24-15)17(20)19-13-5-3-4-11(8-13)18(21)23-2/h3-5,8-10H,6-7H2,1-2H3,(H,19,20). The summed E-state index contributed by atoms with van der Waals surface area (Å²) in [6.07, 6.45) is 0. The minimum Gasteiger partial charge on any atom is -0.493 e. The van der Waals surface area contributed by atoms with Crippen LogP contribution in [-0.2, 0) is 4.74 Å². The molecule has 2 aromatic rings. The molecule has 0 radical (unpaired) electrons. The van der Waals surface area contributed by atoms with Crippen LogP contribution in [0, 0.1) is 0 Å². The molecule has 1 aliphatic heterocycles. The van der Waals surface area contributed by atoms with Crippen molar-refractivity contribution in [1.82, 2.24) is 0 Å². The van der Waals surface area contributed by atoms with Crippen LogP contribution < -0.4 is 19.5 Å². The first-order valence-corrected chi connectivity index (χ1v) is 7.59. The van der Waals surface area contributed by atoms with Gasteiger partial charge in [-0.2, -0.15) is 0 Å². The molecule has 0 saturated carbocycles. The smallest absolute Gasteiger partial charge is 0.337 e. The Kier molecular flexibility index (Phi) is 4.74. The van der Waals surface area contributed by atoms with Crippen LogP contribution in [0.3, 0.4) is 0 Å². The molecule has 0 saturated heterocycles. The summed E-state index contributed by atoms with van der Waals surface area (Å²) < 4.78 is 21.0. The van der Waals surface area contributed by atoms with Crippen LogP contribution in [0.4, 0.5) is 5.69 Å². The molecule has 7 heteroatoms. The number of methoxy groups -OCH3 is 2. The highest BCUT2D eigenvalue weighted by molar-refractivity contribution is 6.05. The van der Waals surface area contributed by atoms with Gasteiger partial charge in [0.15, 0.2) is 11.5 Å². The number of hydrogen-bond acceptors (Lipinski definition) is 6. The molecule has 0 unspecified atom stereocenters. The second kappa shape index (κ2) is 7.12. The normalized spacial score (nSPS) is 12.2. The number of carbonyl (C=O) groups excluding carboxylic acids is 2. The van der Waals surface area contributed by atoms with Crippen molar-refractivity contribution in [2.45, 2.75) is 0 Å². The van der Waals surface area contributed by atoms with Gasteiger partial charge in [0.25, 0.3) is 5.91 Å². The predicted octanol–water partition coefficient (Wildman–Crippen LogP) is 2.51. The molecule has 1 N–H and O–H groups in total. The minimum absolute atomic E-state index is 0.347. The summed E-state index contributed by atoms with van der Waals surface area (Å²) in [4.78, 5) is 24.1. The lowest BCUT2D eigenvalue weighted by atomic mass is 10.1. The molecule has 2 aromatic carbocycles. The fourth-order valence-electron chi connectivity index (χ4n) is 2.45. The van der Waals surface area contributed by atoms with Gasteiger partial charge in [0.1, 0.15) is 13.2 Å². The average Bonchev–Trinajstić information content (AvgIpc) is 2.66. The fourth-order valence-corrected chi connectivity index (χ4v) is 2.45. The van der Waals surface area contributed by atoms with Gasteiger partial charge in [-0.15, -0.1) is 0 Å². The summed E-state index contributed by atoms with van der Waals surface area (Å²) in [5.74, 6) is 0.525. The van der Waals surface area contributed by atoms with Crippen LogP contribution in [0.15, 0.2) is 36.4 Å². The fraction of sp³-hybridized carbons (Fsp3) is 0.222. The molecule has 0 aliphatic carbocycles. The number of anilines is 1. The van der Waals surface area contributed by atoms with Gasteiger partial charge >= 0.3 is 5.97 Å². The number of ether oxygens (including phenoxy) is 4. The molecule has 1 aliphatic rings. The SMILES string of the molecule is COC(=O)c1cccc(NC(=O)c2cc(OC)c3c(c2)OCCO3)c1. The molecule has 25 heavy (non-hydrogen) atoms. The van der Waals surface area contributed by atoms with E-state index in [1.54, 1.807) is 36.4 Å². The summed E-state index contributed by atoms with van der Waals surface area (Å²) in [5, 5.41) is 2.74. The van der Waals surface area contributed by atoms with Crippen molar-refractivity contribution in [1.29, 1.82) is 0 Å². The van der Waals surface area contributed by atoms with Crippen molar-refractivity contribution < 1.29 is 28.5 Å². The van der Waals surface area contributed by atoms with Crippen molar-refractivity contribution in [3.8, 4) is 17.2 Å². The van der Waals surface area contributed by atoms with E-state index in [0.29, 0.717) is 47.3 Å². The Hall–Kier alpha value is -3.22. The number of fused-ring (bicyclic) bond motifs is 1. The molecule has 1 heterocycles. The van der Waals surface area contributed by atoms with Crippen molar-refractivity contribution in [2.75, 3.05) is 32.8 Å². The van der Waals surface area contributed by atoms with Crippen LogP contribution in [0.5, 0.6) is 17.2 Å². The molecular formula is C18H17NO6. The predicted molar refractivity (Wildman–Crippen MR) is 89.7 cm³/mol. The molecule has 7 nitrogen and oxygen atoms in total. The maximum Gasteiger partial charge on any atom is 0.337 e. The summed E-state index contributed by atoms with van der Waals surface area (Å²) >= 11 is 0. The van der Waals surface area contributed by atoms with E-state index >= 15 is 0 Å². The summed E-state index contributed by atoms with van der Waals surface area (Å²) in [7, 11) is 2.80. The number of benzene rings is 2. The van der Waals surface area contributed by atoms with Gasteiger partial charge in [0.05, 0.1) is 19.8 Å². The van der Waals surface area contributed by atoms with Gasteiger partial charge in [-0.1, -0.05) is 6.07 Å². The van der Waals surface area contributed by atoms with E-state index in [9.17, 15) is 9.59 Å². The Bertz CT molecular complexity index is 800. The van der Waals surface area contributed by atoms with Gasteiger partial charge in [-0.3, -0.25) is 4.79 Å². The lowest BCUT2D eigenvalue weighted by Crippen LogP contribution is -2.18. The summed E-state index contributed by atoms with van der Waals surface area (Å²) in [6, 6.07) is 9.66. The van der Waals surface area contributed by atoms with Crippen LogP contribution in [0.2, 0.25) is 0 Å². The van der Waals surface area contributed by atoms with Gasteiger partial charge in [-0.25, -0.2) is 4.79 Å². The van der Waals surface area contributed by atoms with Crippen molar-refractivity contribution in [3.05, 3.63) is 47.5 Å². The Morgan fingerprint density at radius 3 is 2.60 bits per heavy atom. The topological polar surface area (TPSA) is 83.1 Å². The van der Waals surface area contributed by atoms with Gasteiger partial charge in [0.2, 0.25) is 5.75 Å². The number of nitrogens with one attached hydrogen (secondary N) is 1. The third kappa shape index (κ3) is 3.50. The summed E-state index contributed by atoms with van der Waals surface area (Å²) in [6.45, 7) is 0.831. The maximum absolute atomic E-state index is 12.5. The highest BCUT2D eigenvalue weighted by Crippen LogP contribution is 2.40. The minimum atomic E-state index is -0.475. The molecule has 3 rings (SSSR count). The molecular weight excluding hydrogens is 326 g/mol. The Morgan fingerprint density at radius 1 is 1.04 bits per heavy atom. The Balaban J connectivity index is 1.85. The van der Waals surface area contributed by atoms with Gasteiger partial charge < -0.3 is 24.3 Å². The third-order valence-electron chi connectivity index (χ3n) is 3.63. The molecule has 0 bridgehead atoms. The van der Waals surface area contributed by atoms with Crippen LogP contribution in [0.25, 0.3) is 0 Å². The average molecular weight is 343 g/mol. The Labute approximate surface area is 144 Å². The molecule has 0 atom stereocenters. The van der Waals surface area contributed by atoms with E-state index in [4.69, 9.17) is 14.2 Å².